The highest BCUT2D eigenvalue weighted by Gasteiger charge is 2.08. The van der Waals surface area contributed by atoms with Crippen LogP contribution in [0.15, 0.2) is 42.5 Å². The Kier molecular flexibility index (Phi) is 3.63. The van der Waals surface area contributed by atoms with E-state index in [-0.39, 0.29) is 5.82 Å². The summed E-state index contributed by atoms with van der Waals surface area (Å²) in [6, 6.07) is 12.6. The van der Waals surface area contributed by atoms with Crippen LogP contribution in [0, 0.1) is 12.7 Å². The first-order chi connectivity index (χ1) is 8.61. The molecule has 0 aromatic heterocycles. The molecule has 0 aliphatic carbocycles. The maximum absolute atomic E-state index is 13.2. The summed E-state index contributed by atoms with van der Waals surface area (Å²) in [6.07, 6.45) is 0. The van der Waals surface area contributed by atoms with Crippen molar-refractivity contribution in [2.75, 3.05) is 11.9 Å². The molecule has 0 fully saturated rings. The highest BCUT2D eigenvalue weighted by molar-refractivity contribution is 5.65. The van der Waals surface area contributed by atoms with Crippen molar-refractivity contribution in [1.29, 1.82) is 0 Å². The van der Waals surface area contributed by atoms with Crippen LogP contribution < -0.4 is 10.6 Å². The Morgan fingerprint density at radius 3 is 2.56 bits per heavy atom. The second-order valence-electron chi connectivity index (χ2n) is 4.36. The van der Waals surface area contributed by atoms with Crippen LogP contribution in [0.1, 0.15) is 11.1 Å². The standard InChI is InChI=1S/C15H17FN2/c1-11-8-12(10-17)6-7-15(11)18(2)14-5-3-4-13(16)9-14/h3-9H,10,17H2,1-2H3. The van der Waals surface area contributed by atoms with Crippen molar-refractivity contribution in [2.45, 2.75) is 13.5 Å². The van der Waals surface area contributed by atoms with Crippen molar-refractivity contribution in [3.63, 3.8) is 0 Å². The molecule has 2 aromatic carbocycles. The van der Waals surface area contributed by atoms with Gasteiger partial charge in [-0.2, -0.15) is 0 Å². The van der Waals surface area contributed by atoms with E-state index in [0.717, 1.165) is 22.5 Å². The minimum Gasteiger partial charge on any atom is -0.344 e. The Bertz CT molecular complexity index is 552. The zero-order valence-electron chi connectivity index (χ0n) is 10.7. The highest BCUT2D eigenvalue weighted by atomic mass is 19.1. The SMILES string of the molecule is Cc1cc(CN)ccc1N(C)c1cccc(F)c1. The Morgan fingerprint density at radius 2 is 1.94 bits per heavy atom. The summed E-state index contributed by atoms with van der Waals surface area (Å²) in [5.74, 6) is -0.226. The van der Waals surface area contributed by atoms with Gasteiger partial charge in [0.05, 0.1) is 0 Å². The summed E-state index contributed by atoms with van der Waals surface area (Å²) in [7, 11) is 1.93. The van der Waals surface area contributed by atoms with E-state index >= 15 is 0 Å². The molecule has 0 aliphatic heterocycles. The van der Waals surface area contributed by atoms with E-state index in [0.29, 0.717) is 6.54 Å². The summed E-state index contributed by atoms with van der Waals surface area (Å²) in [5.41, 5.74) is 9.73. The maximum Gasteiger partial charge on any atom is 0.125 e. The lowest BCUT2D eigenvalue weighted by Gasteiger charge is -2.22. The van der Waals surface area contributed by atoms with Gasteiger partial charge in [0, 0.05) is 25.0 Å². The van der Waals surface area contributed by atoms with Gasteiger partial charge < -0.3 is 10.6 Å². The van der Waals surface area contributed by atoms with Gasteiger partial charge in [-0.25, -0.2) is 4.39 Å². The van der Waals surface area contributed by atoms with Crippen LogP contribution in [-0.2, 0) is 6.54 Å². The molecule has 0 saturated carbocycles. The van der Waals surface area contributed by atoms with Crippen LogP contribution in [0.25, 0.3) is 0 Å². The molecular formula is C15H17FN2. The van der Waals surface area contributed by atoms with Gasteiger partial charge in [-0.3, -0.25) is 0 Å². The Balaban J connectivity index is 2.37. The molecule has 18 heavy (non-hydrogen) atoms. The molecule has 0 bridgehead atoms. The van der Waals surface area contributed by atoms with E-state index in [1.165, 1.54) is 12.1 Å². The van der Waals surface area contributed by atoms with E-state index in [9.17, 15) is 4.39 Å². The third-order valence-corrected chi connectivity index (χ3v) is 3.05. The molecule has 0 unspecified atom stereocenters. The number of halogens is 1. The molecule has 2 nitrogen and oxygen atoms in total. The summed E-state index contributed by atoms with van der Waals surface area (Å²) in [6.45, 7) is 2.56. The molecule has 0 saturated heterocycles. The summed E-state index contributed by atoms with van der Waals surface area (Å²) >= 11 is 0. The number of aryl methyl sites for hydroxylation is 1. The fourth-order valence-corrected chi connectivity index (χ4v) is 2.04. The first-order valence-electron chi connectivity index (χ1n) is 5.90. The van der Waals surface area contributed by atoms with Crippen LogP contribution >= 0.6 is 0 Å². The largest absolute Gasteiger partial charge is 0.344 e. The van der Waals surface area contributed by atoms with Crippen LogP contribution in [0.2, 0.25) is 0 Å². The molecule has 0 atom stereocenters. The molecule has 2 N–H and O–H groups in total. The lowest BCUT2D eigenvalue weighted by atomic mass is 10.1. The van der Waals surface area contributed by atoms with Crippen LogP contribution in [0.3, 0.4) is 0 Å². The molecule has 0 spiro atoms. The Hall–Kier alpha value is -1.87. The van der Waals surface area contributed by atoms with Crippen molar-refractivity contribution in [1.82, 2.24) is 0 Å². The third kappa shape index (κ3) is 2.51. The van der Waals surface area contributed by atoms with Crippen LogP contribution in [0.5, 0.6) is 0 Å². The lowest BCUT2D eigenvalue weighted by Crippen LogP contribution is -2.11. The number of hydrogen-bond acceptors (Lipinski definition) is 2. The highest BCUT2D eigenvalue weighted by Crippen LogP contribution is 2.27. The molecule has 94 valence electrons. The number of nitrogens with two attached hydrogens (primary N) is 1. The molecule has 0 amide bonds. The number of anilines is 2. The second-order valence-corrected chi connectivity index (χ2v) is 4.36. The molecule has 0 radical (unpaired) electrons. The van der Waals surface area contributed by atoms with E-state index in [1.54, 1.807) is 6.07 Å². The molecule has 2 rings (SSSR count). The van der Waals surface area contributed by atoms with Crippen molar-refractivity contribution >= 4 is 11.4 Å². The van der Waals surface area contributed by atoms with E-state index < -0.39 is 0 Å². The average molecular weight is 244 g/mol. The van der Waals surface area contributed by atoms with Crippen molar-refractivity contribution in [3.05, 3.63) is 59.4 Å². The average Bonchev–Trinajstić information content (AvgIpc) is 2.37. The van der Waals surface area contributed by atoms with Crippen LogP contribution in [0.4, 0.5) is 15.8 Å². The van der Waals surface area contributed by atoms with Gasteiger partial charge >= 0.3 is 0 Å². The van der Waals surface area contributed by atoms with E-state index in [1.807, 2.05) is 37.1 Å². The monoisotopic (exact) mass is 244 g/mol. The van der Waals surface area contributed by atoms with Crippen molar-refractivity contribution < 1.29 is 4.39 Å². The minimum absolute atomic E-state index is 0.226. The Labute approximate surface area is 107 Å². The number of hydrogen-bond donors (Lipinski definition) is 1. The molecule has 2 aromatic rings. The Morgan fingerprint density at radius 1 is 1.17 bits per heavy atom. The van der Waals surface area contributed by atoms with Gasteiger partial charge in [0.1, 0.15) is 5.82 Å². The first-order valence-corrected chi connectivity index (χ1v) is 5.90. The number of rotatable bonds is 3. The maximum atomic E-state index is 13.2. The van der Waals surface area contributed by atoms with Crippen molar-refractivity contribution in [2.24, 2.45) is 5.73 Å². The lowest BCUT2D eigenvalue weighted by molar-refractivity contribution is 0.628. The normalized spacial score (nSPS) is 10.4. The zero-order chi connectivity index (χ0) is 13.1. The number of benzene rings is 2. The summed E-state index contributed by atoms with van der Waals surface area (Å²) in [4.78, 5) is 1.97. The second kappa shape index (κ2) is 5.19. The van der Waals surface area contributed by atoms with E-state index in [4.69, 9.17) is 5.73 Å². The fourth-order valence-electron chi connectivity index (χ4n) is 2.04. The van der Waals surface area contributed by atoms with Crippen molar-refractivity contribution in [3.8, 4) is 0 Å². The molecule has 0 aliphatic rings. The minimum atomic E-state index is -0.226. The quantitative estimate of drug-likeness (QED) is 0.897. The third-order valence-electron chi connectivity index (χ3n) is 3.05. The fraction of sp³-hybridized carbons (Fsp3) is 0.200. The van der Waals surface area contributed by atoms with Gasteiger partial charge in [-0.05, 0) is 42.3 Å². The van der Waals surface area contributed by atoms with Gasteiger partial charge in [0.25, 0.3) is 0 Å². The topological polar surface area (TPSA) is 29.3 Å². The van der Waals surface area contributed by atoms with Gasteiger partial charge in [0.15, 0.2) is 0 Å². The van der Waals surface area contributed by atoms with Gasteiger partial charge in [-0.15, -0.1) is 0 Å². The summed E-state index contributed by atoms with van der Waals surface area (Å²) in [5, 5.41) is 0. The van der Waals surface area contributed by atoms with Gasteiger partial charge in [0.2, 0.25) is 0 Å². The molecular weight excluding hydrogens is 227 g/mol. The molecule has 0 heterocycles. The predicted octanol–water partition coefficient (Wildman–Crippen LogP) is 3.36. The zero-order valence-corrected chi connectivity index (χ0v) is 10.7. The predicted molar refractivity (Wildman–Crippen MR) is 73.5 cm³/mol. The summed E-state index contributed by atoms with van der Waals surface area (Å²) < 4.78 is 13.2. The first kappa shape index (κ1) is 12.6. The van der Waals surface area contributed by atoms with Gasteiger partial charge in [-0.1, -0.05) is 18.2 Å². The van der Waals surface area contributed by atoms with Crippen LogP contribution in [-0.4, -0.2) is 7.05 Å². The molecule has 3 heteroatoms. The number of nitrogens with zero attached hydrogens (tertiary/aromatic N) is 1. The van der Waals surface area contributed by atoms with E-state index in [2.05, 4.69) is 6.07 Å². The smallest absolute Gasteiger partial charge is 0.125 e.